The molecule has 0 aromatic heterocycles. The first-order chi connectivity index (χ1) is 6.07. The molecule has 74 valence electrons. The number of nitrogens with zero attached hydrogens (tertiary/aromatic N) is 1. The van der Waals surface area contributed by atoms with Crippen molar-refractivity contribution in [2.24, 2.45) is 10.9 Å². The summed E-state index contributed by atoms with van der Waals surface area (Å²) in [6, 6.07) is 0. The van der Waals surface area contributed by atoms with Crippen LogP contribution in [0.1, 0.15) is 34.1 Å². The number of hydrogen-bond acceptors (Lipinski definition) is 2. The van der Waals surface area contributed by atoms with Crippen LogP contribution in [0.4, 0.5) is 0 Å². The zero-order chi connectivity index (χ0) is 10.0. The highest BCUT2D eigenvalue weighted by Gasteiger charge is 2.19. The van der Waals surface area contributed by atoms with Crippen LogP contribution in [0.2, 0.25) is 0 Å². The Balaban J connectivity index is 2.88. The summed E-state index contributed by atoms with van der Waals surface area (Å²) in [4.78, 5) is 4.45. The largest absolute Gasteiger partial charge is 0.253 e. The van der Waals surface area contributed by atoms with Crippen LogP contribution in [-0.4, -0.2) is 11.5 Å². The Kier molecular flexibility index (Phi) is 3.80. The normalized spacial score (nSPS) is 24.5. The van der Waals surface area contributed by atoms with Crippen molar-refractivity contribution in [3.05, 3.63) is 10.6 Å². The Morgan fingerprint density at radius 1 is 1.62 bits per heavy atom. The predicted octanol–water partition coefficient (Wildman–Crippen LogP) is 2.82. The Hall–Kier alpha value is -0.0200. The second-order valence-corrected chi connectivity index (χ2v) is 6.63. The summed E-state index contributed by atoms with van der Waals surface area (Å²) < 4.78 is 0. The highest BCUT2D eigenvalue weighted by molar-refractivity contribution is 8.31. The highest BCUT2D eigenvalue weighted by Crippen LogP contribution is 2.27. The zero-order valence-electron chi connectivity index (χ0n) is 8.70. The first-order valence-electron chi connectivity index (χ1n) is 4.73. The van der Waals surface area contributed by atoms with Gasteiger partial charge in [-0.05, 0) is 30.1 Å². The van der Waals surface area contributed by atoms with E-state index in [-0.39, 0.29) is 9.45 Å². The fourth-order valence-electron chi connectivity index (χ4n) is 1.38. The van der Waals surface area contributed by atoms with Crippen LogP contribution in [0.15, 0.2) is 15.6 Å². The summed E-state index contributed by atoms with van der Waals surface area (Å²) in [5.41, 5.74) is 1.40. The van der Waals surface area contributed by atoms with Crippen molar-refractivity contribution in [3.63, 3.8) is 0 Å². The second-order valence-electron chi connectivity index (χ2n) is 3.63. The van der Waals surface area contributed by atoms with Crippen molar-refractivity contribution in [1.82, 2.24) is 0 Å². The molecule has 1 aliphatic heterocycles. The van der Waals surface area contributed by atoms with Crippen LogP contribution < -0.4 is 0 Å². The quantitative estimate of drug-likeness (QED) is 0.705. The van der Waals surface area contributed by atoms with E-state index in [9.17, 15) is 0 Å². The fourth-order valence-corrected chi connectivity index (χ4v) is 2.98. The minimum absolute atomic E-state index is 0.0844. The average Bonchev–Trinajstić information content (AvgIpc) is 2.45. The molecular weight excluding hydrogens is 198 g/mol. The van der Waals surface area contributed by atoms with Gasteiger partial charge in [0.2, 0.25) is 0 Å². The third kappa shape index (κ3) is 2.26. The number of allylic oxidation sites excluding steroid dienone is 1. The van der Waals surface area contributed by atoms with Gasteiger partial charge in [-0.2, -0.15) is 0 Å². The zero-order valence-corrected chi connectivity index (χ0v) is 10.3. The monoisotopic (exact) mass is 215 g/mol. The second kappa shape index (κ2) is 4.47. The van der Waals surface area contributed by atoms with E-state index in [1.807, 2.05) is 0 Å². The lowest BCUT2D eigenvalue weighted by molar-refractivity contribution is 0.793. The molecule has 0 saturated heterocycles. The van der Waals surface area contributed by atoms with Gasteiger partial charge in [-0.15, -0.1) is 0 Å². The first kappa shape index (κ1) is 11.1. The molecule has 2 atom stereocenters. The van der Waals surface area contributed by atoms with Gasteiger partial charge in [-0.1, -0.05) is 30.2 Å². The summed E-state index contributed by atoms with van der Waals surface area (Å²) in [6.07, 6.45) is 3.20. The van der Waals surface area contributed by atoms with Crippen LogP contribution in [0.5, 0.6) is 0 Å². The SMILES string of the molecule is CCC1C=NC(S(=S)C(C)C)=C1C. The summed E-state index contributed by atoms with van der Waals surface area (Å²) in [6.45, 7) is 8.71. The molecule has 1 heterocycles. The van der Waals surface area contributed by atoms with Crippen molar-refractivity contribution in [3.8, 4) is 0 Å². The van der Waals surface area contributed by atoms with Gasteiger partial charge in [0, 0.05) is 17.4 Å². The van der Waals surface area contributed by atoms with E-state index in [4.69, 9.17) is 11.2 Å². The Morgan fingerprint density at radius 2 is 2.23 bits per heavy atom. The van der Waals surface area contributed by atoms with Gasteiger partial charge in [-0.25, -0.2) is 0 Å². The highest BCUT2D eigenvalue weighted by atomic mass is 32.8. The minimum Gasteiger partial charge on any atom is -0.253 e. The Labute approximate surface area is 87.9 Å². The lowest BCUT2D eigenvalue weighted by Gasteiger charge is -2.10. The predicted molar refractivity (Wildman–Crippen MR) is 64.8 cm³/mol. The molecule has 13 heavy (non-hydrogen) atoms. The summed E-state index contributed by atoms with van der Waals surface area (Å²) in [7, 11) is -0.0844. The lowest BCUT2D eigenvalue weighted by Crippen LogP contribution is -2.06. The third-order valence-electron chi connectivity index (χ3n) is 2.32. The smallest absolute Gasteiger partial charge is 0.0997 e. The number of aliphatic imine (C=N–C) groups is 1. The van der Waals surface area contributed by atoms with Crippen LogP contribution >= 0.6 is 0 Å². The topological polar surface area (TPSA) is 12.4 Å². The van der Waals surface area contributed by atoms with Gasteiger partial charge in [0.15, 0.2) is 0 Å². The van der Waals surface area contributed by atoms with E-state index in [1.54, 1.807) is 0 Å². The molecule has 1 nitrogen and oxygen atoms in total. The maximum Gasteiger partial charge on any atom is 0.0997 e. The van der Waals surface area contributed by atoms with Crippen molar-refractivity contribution in [1.29, 1.82) is 0 Å². The summed E-state index contributed by atoms with van der Waals surface area (Å²) in [5.74, 6) is 0.548. The molecule has 0 amide bonds. The third-order valence-corrected chi connectivity index (χ3v) is 5.62. The van der Waals surface area contributed by atoms with Crippen LogP contribution in [0, 0.1) is 5.92 Å². The maximum atomic E-state index is 5.46. The van der Waals surface area contributed by atoms with E-state index < -0.39 is 0 Å². The standard InChI is InChI=1S/C10H17NS2/c1-5-9-6-11-10(8(9)4)13(12)7(2)3/h6-7,9H,5H2,1-4H3. The van der Waals surface area contributed by atoms with Crippen molar-refractivity contribution in [2.45, 2.75) is 39.4 Å². The summed E-state index contributed by atoms with van der Waals surface area (Å²) >= 11 is 5.46. The van der Waals surface area contributed by atoms with Gasteiger partial charge in [-0.3, -0.25) is 4.99 Å². The average molecular weight is 215 g/mol. The Morgan fingerprint density at radius 3 is 2.62 bits per heavy atom. The van der Waals surface area contributed by atoms with E-state index in [1.165, 1.54) is 10.6 Å². The molecule has 1 rings (SSSR count). The minimum atomic E-state index is -0.0844. The molecule has 0 fully saturated rings. The first-order valence-corrected chi connectivity index (χ1v) is 6.94. The van der Waals surface area contributed by atoms with Crippen molar-refractivity contribution in [2.75, 3.05) is 0 Å². The maximum absolute atomic E-state index is 5.46. The lowest BCUT2D eigenvalue weighted by atomic mass is 10.0. The van der Waals surface area contributed by atoms with Crippen LogP contribution in [-0.2, 0) is 20.6 Å². The molecule has 1 aliphatic rings. The van der Waals surface area contributed by atoms with E-state index in [2.05, 4.69) is 38.9 Å². The van der Waals surface area contributed by atoms with Crippen LogP contribution in [0.3, 0.4) is 0 Å². The van der Waals surface area contributed by atoms with E-state index in [0.29, 0.717) is 11.2 Å². The molecule has 0 aromatic rings. The molecule has 0 radical (unpaired) electrons. The number of hydrogen-bond donors (Lipinski definition) is 0. The van der Waals surface area contributed by atoms with Crippen molar-refractivity contribution < 1.29 is 0 Å². The fraction of sp³-hybridized carbons (Fsp3) is 0.700. The van der Waals surface area contributed by atoms with Gasteiger partial charge in [0.05, 0.1) is 5.03 Å². The molecule has 0 bridgehead atoms. The molecule has 2 unspecified atom stereocenters. The molecule has 0 N–H and O–H groups in total. The van der Waals surface area contributed by atoms with Crippen LogP contribution in [0.25, 0.3) is 0 Å². The molecule has 3 heteroatoms. The van der Waals surface area contributed by atoms with Gasteiger partial charge in [0.25, 0.3) is 0 Å². The van der Waals surface area contributed by atoms with Gasteiger partial charge >= 0.3 is 0 Å². The molecular formula is C10H17NS2. The molecule has 0 aromatic carbocycles. The summed E-state index contributed by atoms with van der Waals surface area (Å²) in [5, 5.41) is 1.71. The van der Waals surface area contributed by atoms with Gasteiger partial charge < -0.3 is 0 Å². The molecule has 0 saturated carbocycles. The van der Waals surface area contributed by atoms with E-state index in [0.717, 1.165) is 6.42 Å². The molecule has 0 aliphatic carbocycles. The van der Waals surface area contributed by atoms with Gasteiger partial charge in [0.1, 0.15) is 0 Å². The van der Waals surface area contributed by atoms with E-state index >= 15 is 0 Å². The molecule has 0 spiro atoms. The van der Waals surface area contributed by atoms with Crippen molar-refractivity contribution >= 4 is 26.9 Å². The Bertz CT molecular complexity index is 277. The number of rotatable bonds is 3.